The molecule has 0 spiro atoms. The van der Waals surface area contributed by atoms with Gasteiger partial charge in [0.1, 0.15) is 42.6 Å². The predicted molar refractivity (Wildman–Crippen MR) is 214 cm³/mol. The zero-order valence-corrected chi connectivity index (χ0v) is 32.9. The summed E-state index contributed by atoms with van der Waals surface area (Å²) in [4.78, 5) is 18.2. The van der Waals surface area contributed by atoms with Crippen molar-refractivity contribution in [3.63, 3.8) is 0 Å². The number of aliphatic hydroxyl groups excluding tert-OH is 2. The fraction of sp³-hybridized carbons (Fsp3) is 0.432. The lowest BCUT2D eigenvalue weighted by Crippen LogP contribution is -2.46. The van der Waals surface area contributed by atoms with Gasteiger partial charge in [-0.1, -0.05) is 48.4 Å². The molecule has 3 heterocycles. The number of pyridine rings is 1. The maximum Gasteiger partial charge on any atom is 0.320 e. The molecule has 4 aromatic rings. The number of nitrogens with zero attached hydrogens (tertiary/aromatic N) is 3. The van der Waals surface area contributed by atoms with Gasteiger partial charge < -0.3 is 34.8 Å². The Morgan fingerprint density at radius 2 is 1.79 bits per heavy atom. The molecule has 56 heavy (non-hydrogen) atoms. The zero-order chi connectivity index (χ0) is 39.7. The SMILES string of the molecule is Cc1c(COc2cc(OCc3cncc(C#N)c3)c(CN3CCCC[C@H]3C(=O)O)cc2Cl)cccc1-c1cccc(OC[C@@]2(C[C@@H](O)CO)CCCNC2)c1C. The highest BCUT2D eigenvalue weighted by atomic mass is 35.5. The Kier molecular flexibility index (Phi) is 13.9. The monoisotopic (exact) mass is 782 g/mol. The van der Waals surface area contributed by atoms with Crippen LogP contribution in [0.3, 0.4) is 0 Å². The molecular weight excluding hydrogens is 732 g/mol. The van der Waals surface area contributed by atoms with E-state index in [4.69, 9.17) is 25.8 Å². The highest BCUT2D eigenvalue weighted by molar-refractivity contribution is 6.32. The lowest BCUT2D eigenvalue weighted by Gasteiger charge is -2.38. The topological polar surface area (TPSA) is 157 Å². The average Bonchev–Trinajstić information content (AvgIpc) is 3.21. The predicted octanol–water partition coefficient (Wildman–Crippen LogP) is 6.98. The minimum Gasteiger partial charge on any atom is -0.493 e. The number of nitriles is 1. The summed E-state index contributed by atoms with van der Waals surface area (Å²) in [6.45, 7) is 7.31. The molecule has 0 saturated carbocycles. The van der Waals surface area contributed by atoms with Crippen LogP contribution in [0.15, 0.2) is 67.0 Å². The summed E-state index contributed by atoms with van der Waals surface area (Å²) < 4.78 is 19.2. The first-order chi connectivity index (χ1) is 27.1. The minimum atomic E-state index is -0.843. The van der Waals surface area contributed by atoms with Gasteiger partial charge in [-0.15, -0.1) is 0 Å². The van der Waals surface area contributed by atoms with E-state index in [0.29, 0.717) is 54.6 Å². The molecule has 3 atom stereocenters. The maximum atomic E-state index is 12.1. The van der Waals surface area contributed by atoms with Gasteiger partial charge in [0.25, 0.3) is 0 Å². The Hall–Kier alpha value is -4.70. The largest absolute Gasteiger partial charge is 0.493 e. The van der Waals surface area contributed by atoms with Crippen molar-refractivity contribution in [3.8, 4) is 34.4 Å². The van der Waals surface area contributed by atoms with Crippen molar-refractivity contribution in [2.75, 3.05) is 32.8 Å². The fourth-order valence-electron chi connectivity index (χ4n) is 7.94. The van der Waals surface area contributed by atoms with Gasteiger partial charge in [0, 0.05) is 48.1 Å². The van der Waals surface area contributed by atoms with Crippen LogP contribution >= 0.6 is 11.6 Å². The molecule has 4 N–H and O–H groups in total. The van der Waals surface area contributed by atoms with Gasteiger partial charge >= 0.3 is 5.97 Å². The highest BCUT2D eigenvalue weighted by Crippen LogP contribution is 2.39. The van der Waals surface area contributed by atoms with E-state index in [1.165, 1.54) is 6.20 Å². The van der Waals surface area contributed by atoms with Gasteiger partial charge in [0.2, 0.25) is 0 Å². The Labute approximate surface area is 333 Å². The fourth-order valence-corrected chi connectivity index (χ4v) is 8.18. The molecule has 2 saturated heterocycles. The number of nitrogens with one attached hydrogen (secondary N) is 1. The van der Waals surface area contributed by atoms with Crippen LogP contribution in [0, 0.1) is 30.6 Å². The minimum absolute atomic E-state index is 0.144. The Morgan fingerprint density at radius 1 is 1.00 bits per heavy atom. The van der Waals surface area contributed by atoms with Crippen molar-refractivity contribution in [3.05, 3.63) is 105 Å². The van der Waals surface area contributed by atoms with E-state index in [0.717, 1.165) is 83.5 Å². The standard InChI is InChI=1S/C44H51ClN4O7/c1-29-33(8-5-9-36(29)37-10-6-12-40(30(37)2)56-28-44(19-35(51)24-50)13-7-14-47-27-44)26-55-42-18-41(54-25-32-16-31(20-46)21-48-22-32)34(17-38(42)45)23-49-15-4-3-11-39(49)43(52)53/h5-6,8-10,12,16-18,21-22,35,39,47,50-51H,3-4,7,11,13-15,19,23-28H2,1-2H3,(H,52,53)/t35-,39+,44-/m1/s1. The van der Waals surface area contributed by atoms with E-state index in [-0.39, 0.29) is 25.2 Å². The molecule has 6 rings (SSSR count). The van der Waals surface area contributed by atoms with Gasteiger partial charge in [0.05, 0.1) is 29.9 Å². The van der Waals surface area contributed by atoms with Gasteiger partial charge in [0.15, 0.2) is 0 Å². The quantitative estimate of drug-likeness (QED) is 0.0930. The first-order valence-corrected chi connectivity index (χ1v) is 19.7. The number of ether oxygens (including phenoxy) is 3. The Morgan fingerprint density at radius 3 is 2.54 bits per heavy atom. The van der Waals surface area contributed by atoms with E-state index in [1.54, 1.807) is 24.4 Å². The molecule has 296 valence electrons. The Bertz CT molecular complexity index is 2030. The zero-order valence-electron chi connectivity index (χ0n) is 32.1. The number of carbonyl (C=O) groups is 1. The van der Waals surface area contributed by atoms with Crippen molar-refractivity contribution >= 4 is 17.6 Å². The van der Waals surface area contributed by atoms with Gasteiger partial charge in [-0.3, -0.25) is 14.7 Å². The number of hydrogen-bond acceptors (Lipinski definition) is 10. The number of piperidine rings is 2. The third-order valence-corrected chi connectivity index (χ3v) is 11.4. The van der Waals surface area contributed by atoms with Crippen molar-refractivity contribution in [2.24, 2.45) is 5.41 Å². The van der Waals surface area contributed by atoms with Crippen LogP contribution in [-0.4, -0.2) is 76.2 Å². The number of aromatic nitrogens is 1. The molecule has 0 amide bonds. The second-order valence-corrected chi connectivity index (χ2v) is 15.5. The number of aliphatic carboxylic acids is 1. The molecule has 3 aromatic carbocycles. The van der Waals surface area contributed by atoms with Crippen molar-refractivity contribution in [2.45, 2.75) is 84.3 Å². The number of aliphatic hydroxyl groups is 2. The van der Waals surface area contributed by atoms with Crippen LogP contribution in [0.4, 0.5) is 0 Å². The Balaban J connectivity index is 1.22. The second kappa shape index (κ2) is 19.0. The first-order valence-electron chi connectivity index (χ1n) is 19.3. The molecule has 0 unspecified atom stereocenters. The molecule has 1 aromatic heterocycles. The number of likely N-dealkylation sites (tertiary alicyclic amines) is 1. The summed E-state index contributed by atoms with van der Waals surface area (Å²) in [7, 11) is 0. The van der Waals surface area contributed by atoms with Crippen LogP contribution in [0.2, 0.25) is 5.02 Å². The van der Waals surface area contributed by atoms with E-state index >= 15 is 0 Å². The molecule has 2 fully saturated rings. The smallest absolute Gasteiger partial charge is 0.320 e. The molecule has 0 bridgehead atoms. The number of carboxylic acids is 1. The number of benzene rings is 3. The molecule has 2 aliphatic heterocycles. The van der Waals surface area contributed by atoms with Crippen molar-refractivity contribution in [1.29, 1.82) is 5.26 Å². The number of hydrogen-bond donors (Lipinski definition) is 4. The highest BCUT2D eigenvalue weighted by Gasteiger charge is 2.35. The summed E-state index contributed by atoms with van der Waals surface area (Å²) in [6.07, 6.45) is 7.07. The van der Waals surface area contributed by atoms with Crippen molar-refractivity contribution < 1.29 is 34.3 Å². The van der Waals surface area contributed by atoms with Crippen LogP contribution in [0.1, 0.15) is 71.9 Å². The van der Waals surface area contributed by atoms with E-state index in [1.807, 2.05) is 29.2 Å². The van der Waals surface area contributed by atoms with E-state index in [9.17, 15) is 25.4 Å². The summed E-state index contributed by atoms with van der Waals surface area (Å²) >= 11 is 6.87. The molecule has 2 aliphatic rings. The summed E-state index contributed by atoms with van der Waals surface area (Å²) in [5, 5.41) is 43.0. The number of rotatable bonds is 16. The summed E-state index contributed by atoms with van der Waals surface area (Å²) in [6, 6.07) is 19.0. The maximum absolute atomic E-state index is 12.1. The van der Waals surface area contributed by atoms with Gasteiger partial charge in [-0.25, -0.2) is 0 Å². The van der Waals surface area contributed by atoms with Crippen LogP contribution in [0.5, 0.6) is 17.2 Å². The van der Waals surface area contributed by atoms with Crippen LogP contribution in [-0.2, 0) is 24.6 Å². The number of halogens is 1. The average molecular weight is 783 g/mol. The molecule has 12 heteroatoms. The third-order valence-electron chi connectivity index (χ3n) is 11.1. The summed E-state index contributed by atoms with van der Waals surface area (Å²) in [5.41, 5.74) is 6.73. The summed E-state index contributed by atoms with van der Waals surface area (Å²) in [5.74, 6) is 0.874. The third kappa shape index (κ3) is 9.99. The molecule has 0 radical (unpaired) electrons. The van der Waals surface area contributed by atoms with Crippen molar-refractivity contribution in [1.82, 2.24) is 15.2 Å². The van der Waals surface area contributed by atoms with E-state index in [2.05, 4.69) is 42.4 Å². The lowest BCUT2D eigenvalue weighted by atomic mass is 9.77. The van der Waals surface area contributed by atoms with Crippen LogP contribution < -0.4 is 19.5 Å². The first kappa shape index (κ1) is 40.9. The molecular formula is C44H51ClN4O7. The second-order valence-electron chi connectivity index (χ2n) is 15.1. The normalized spacial score (nSPS) is 19.2. The number of carboxylic acid groups (broad SMARTS) is 1. The molecule has 11 nitrogen and oxygen atoms in total. The van der Waals surface area contributed by atoms with Gasteiger partial charge in [-0.05, 0) is 105 Å². The van der Waals surface area contributed by atoms with Crippen LogP contribution in [0.25, 0.3) is 11.1 Å². The van der Waals surface area contributed by atoms with Gasteiger partial charge in [-0.2, -0.15) is 5.26 Å². The van der Waals surface area contributed by atoms with E-state index < -0.39 is 18.1 Å². The molecule has 0 aliphatic carbocycles. The lowest BCUT2D eigenvalue weighted by molar-refractivity contribution is -0.144.